The van der Waals surface area contributed by atoms with Crippen molar-refractivity contribution < 1.29 is 19.1 Å². The first kappa shape index (κ1) is 18.5. The number of methoxy groups -OCH3 is 1. The number of hydrogen-bond donors (Lipinski definition) is 1. The first-order valence-electron chi connectivity index (χ1n) is 8.84. The van der Waals surface area contributed by atoms with Crippen LogP contribution < -0.4 is 14.8 Å². The Balaban J connectivity index is 2.04. The largest absolute Gasteiger partial charge is 0.496 e. The lowest BCUT2D eigenvalue weighted by atomic mass is 10.0. The maximum absolute atomic E-state index is 12.9. The molecular weight excluding hydrogens is 344 g/mol. The molecule has 2 amide bonds. The van der Waals surface area contributed by atoms with E-state index in [1.807, 2.05) is 43.3 Å². The normalized spacial score (nSPS) is 14.0. The number of hydrogen-bond acceptors (Lipinski definition) is 5. The molecule has 0 atom stereocenters. The molecule has 0 bridgehead atoms. The molecule has 0 aliphatic carbocycles. The van der Waals surface area contributed by atoms with Gasteiger partial charge in [-0.25, -0.2) is 0 Å². The monoisotopic (exact) mass is 366 g/mol. The van der Waals surface area contributed by atoms with Crippen molar-refractivity contribution in [1.82, 2.24) is 4.90 Å². The topological polar surface area (TPSA) is 67.9 Å². The van der Waals surface area contributed by atoms with Gasteiger partial charge in [-0.15, -0.1) is 0 Å². The molecule has 0 unspecified atom stereocenters. The summed E-state index contributed by atoms with van der Waals surface area (Å²) in [6, 6.07) is 14.4. The predicted octanol–water partition coefficient (Wildman–Crippen LogP) is 3.31. The Labute approximate surface area is 158 Å². The van der Waals surface area contributed by atoms with Crippen LogP contribution in [0.2, 0.25) is 0 Å². The number of nitrogens with zero attached hydrogens (tertiary/aromatic N) is 1. The average Bonchev–Trinajstić information content (AvgIpc) is 2.92. The Morgan fingerprint density at radius 1 is 0.963 bits per heavy atom. The molecule has 1 N–H and O–H groups in total. The van der Waals surface area contributed by atoms with Crippen molar-refractivity contribution in [3.63, 3.8) is 0 Å². The molecule has 3 rings (SSSR count). The predicted molar refractivity (Wildman–Crippen MR) is 104 cm³/mol. The van der Waals surface area contributed by atoms with E-state index in [2.05, 4.69) is 5.32 Å². The first-order chi connectivity index (χ1) is 13.1. The lowest BCUT2D eigenvalue weighted by Gasteiger charge is -2.12. The van der Waals surface area contributed by atoms with Gasteiger partial charge in [-0.1, -0.05) is 18.2 Å². The summed E-state index contributed by atoms with van der Waals surface area (Å²) >= 11 is 0. The summed E-state index contributed by atoms with van der Waals surface area (Å²) in [5.74, 6) is 0.598. The summed E-state index contributed by atoms with van der Waals surface area (Å²) in [7, 11) is 1.54. The molecule has 1 aliphatic rings. The molecule has 6 nitrogen and oxygen atoms in total. The van der Waals surface area contributed by atoms with E-state index >= 15 is 0 Å². The number of carbonyl (C=O) groups excluding carboxylic acids is 2. The van der Waals surface area contributed by atoms with E-state index in [0.717, 1.165) is 5.75 Å². The molecular formula is C21H22N2O4. The standard InChI is InChI=1S/C21H22N2O4/c1-4-23-20(24)18(16-8-6-7-9-17(16)26-3)19(21(23)25)22-14-10-12-15(13-11-14)27-5-2/h6-13,22H,4-5H2,1-3H3. The van der Waals surface area contributed by atoms with Crippen molar-refractivity contribution in [3.8, 4) is 11.5 Å². The number of nitrogens with one attached hydrogen (secondary N) is 1. The van der Waals surface area contributed by atoms with E-state index in [4.69, 9.17) is 9.47 Å². The fourth-order valence-electron chi connectivity index (χ4n) is 3.03. The molecule has 0 spiro atoms. The van der Waals surface area contributed by atoms with Gasteiger partial charge in [0.05, 0.1) is 19.3 Å². The Kier molecular flexibility index (Phi) is 5.45. The van der Waals surface area contributed by atoms with E-state index in [9.17, 15) is 9.59 Å². The number of likely N-dealkylation sites (N-methyl/N-ethyl adjacent to an activating group) is 1. The number of benzene rings is 2. The highest BCUT2D eigenvalue weighted by atomic mass is 16.5. The molecule has 2 aromatic carbocycles. The number of imide groups is 1. The number of amides is 2. The first-order valence-corrected chi connectivity index (χ1v) is 8.84. The van der Waals surface area contributed by atoms with E-state index in [1.165, 1.54) is 12.0 Å². The third-order valence-corrected chi connectivity index (χ3v) is 4.30. The molecule has 0 radical (unpaired) electrons. The summed E-state index contributed by atoms with van der Waals surface area (Å²) in [6.07, 6.45) is 0. The Morgan fingerprint density at radius 2 is 1.67 bits per heavy atom. The van der Waals surface area contributed by atoms with Crippen molar-refractivity contribution >= 4 is 23.1 Å². The van der Waals surface area contributed by atoms with Crippen LogP contribution in [-0.2, 0) is 9.59 Å². The van der Waals surface area contributed by atoms with Crippen molar-refractivity contribution in [1.29, 1.82) is 0 Å². The highest BCUT2D eigenvalue weighted by Crippen LogP contribution is 2.35. The van der Waals surface area contributed by atoms with Gasteiger partial charge in [-0.2, -0.15) is 0 Å². The van der Waals surface area contributed by atoms with E-state index in [0.29, 0.717) is 35.7 Å². The molecule has 2 aromatic rings. The van der Waals surface area contributed by atoms with Crippen LogP contribution in [0, 0.1) is 0 Å². The van der Waals surface area contributed by atoms with Gasteiger partial charge in [0.15, 0.2) is 0 Å². The lowest BCUT2D eigenvalue weighted by Crippen LogP contribution is -2.32. The fourth-order valence-corrected chi connectivity index (χ4v) is 3.03. The molecule has 1 aliphatic heterocycles. The zero-order valence-electron chi connectivity index (χ0n) is 15.6. The Morgan fingerprint density at radius 3 is 2.30 bits per heavy atom. The number of para-hydroxylation sites is 1. The van der Waals surface area contributed by atoms with Gasteiger partial charge < -0.3 is 14.8 Å². The van der Waals surface area contributed by atoms with Crippen molar-refractivity contribution in [2.24, 2.45) is 0 Å². The third kappa shape index (κ3) is 3.51. The van der Waals surface area contributed by atoms with Crippen LogP contribution in [0.3, 0.4) is 0 Å². The van der Waals surface area contributed by atoms with Crippen LogP contribution in [0.15, 0.2) is 54.2 Å². The summed E-state index contributed by atoms with van der Waals surface area (Å²) in [5.41, 5.74) is 1.84. The Hall–Kier alpha value is -3.28. The second kappa shape index (κ2) is 7.95. The fraction of sp³-hybridized carbons (Fsp3) is 0.238. The minimum absolute atomic E-state index is 0.246. The van der Waals surface area contributed by atoms with Crippen LogP contribution in [0.1, 0.15) is 19.4 Å². The zero-order chi connectivity index (χ0) is 19.4. The second-order valence-corrected chi connectivity index (χ2v) is 5.89. The van der Waals surface area contributed by atoms with Crippen LogP contribution in [0.25, 0.3) is 5.57 Å². The van der Waals surface area contributed by atoms with Gasteiger partial charge in [0, 0.05) is 17.8 Å². The lowest BCUT2D eigenvalue weighted by molar-refractivity contribution is -0.136. The van der Waals surface area contributed by atoms with Crippen LogP contribution in [-0.4, -0.2) is 37.0 Å². The molecule has 0 fully saturated rings. The van der Waals surface area contributed by atoms with Crippen LogP contribution in [0.4, 0.5) is 5.69 Å². The van der Waals surface area contributed by atoms with Crippen LogP contribution in [0.5, 0.6) is 11.5 Å². The zero-order valence-corrected chi connectivity index (χ0v) is 15.6. The molecule has 1 heterocycles. The van der Waals surface area contributed by atoms with Crippen molar-refractivity contribution in [3.05, 3.63) is 59.8 Å². The second-order valence-electron chi connectivity index (χ2n) is 5.89. The maximum atomic E-state index is 12.9. The van der Waals surface area contributed by atoms with E-state index < -0.39 is 0 Å². The number of rotatable bonds is 7. The molecule has 27 heavy (non-hydrogen) atoms. The summed E-state index contributed by atoms with van der Waals surface area (Å²) < 4.78 is 10.8. The van der Waals surface area contributed by atoms with Crippen molar-refractivity contribution in [2.75, 3.05) is 25.6 Å². The summed E-state index contributed by atoms with van der Waals surface area (Å²) in [4.78, 5) is 26.9. The summed E-state index contributed by atoms with van der Waals surface area (Å²) in [5, 5.41) is 3.11. The van der Waals surface area contributed by atoms with E-state index in [-0.39, 0.29) is 17.5 Å². The number of anilines is 1. The molecule has 0 aromatic heterocycles. The molecule has 0 saturated heterocycles. The minimum atomic E-state index is -0.350. The van der Waals surface area contributed by atoms with Gasteiger partial charge in [0.1, 0.15) is 17.2 Å². The highest BCUT2D eigenvalue weighted by Gasteiger charge is 2.39. The molecule has 0 saturated carbocycles. The van der Waals surface area contributed by atoms with Gasteiger partial charge in [0.25, 0.3) is 11.8 Å². The van der Waals surface area contributed by atoms with Crippen LogP contribution >= 0.6 is 0 Å². The highest BCUT2D eigenvalue weighted by molar-refractivity contribution is 6.37. The number of ether oxygens (including phenoxy) is 2. The molecule has 140 valence electrons. The minimum Gasteiger partial charge on any atom is -0.496 e. The van der Waals surface area contributed by atoms with Crippen molar-refractivity contribution in [2.45, 2.75) is 13.8 Å². The van der Waals surface area contributed by atoms with Gasteiger partial charge in [-0.05, 0) is 44.2 Å². The van der Waals surface area contributed by atoms with Gasteiger partial charge in [0.2, 0.25) is 0 Å². The SMILES string of the molecule is CCOc1ccc(NC2=C(c3ccccc3OC)C(=O)N(CC)C2=O)cc1. The number of carbonyl (C=O) groups is 2. The van der Waals surface area contributed by atoms with E-state index in [1.54, 1.807) is 19.1 Å². The average molecular weight is 366 g/mol. The quantitative estimate of drug-likeness (QED) is 0.762. The third-order valence-electron chi connectivity index (χ3n) is 4.30. The van der Waals surface area contributed by atoms with Gasteiger partial charge in [-0.3, -0.25) is 14.5 Å². The summed E-state index contributed by atoms with van der Waals surface area (Å²) in [6.45, 7) is 4.56. The van der Waals surface area contributed by atoms with Gasteiger partial charge >= 0.3 is 0 Å². The maximum Gasteiger partial charge on any atom is 0.278 e. The molecule has 6 heteroatoms. The smallest absolute Gasteiger partial charge is 0.278 e. The Bertz CT molecular complexity index is 887.